The van der Waals surface area contributed by atoms with Gasteiger partial charge in [0.05, 0.1) is 6.61 Å². The first-order valence-electron chi connectivity index (χ1n) is 5.87. The predicted molar refractivity (Wildman–Crippen MR) is 67.4 cm³/mol. The monoisotopic (exact) mass is 246 g/mol. The van der Waals surface area contributed by atoms with Crippen molar-refractivity contribution in [2.24, 2.45) is 11.3 Å². The van der Waals surface area contributed by atoms with Crippen LogP contribution in [0.4, 0.5) is 4.79 Å². The van der Waals surface area contributed by atoms with Gasteiger partial charge in [0.2, 0.25) is 0 Å². The van der Waals surface area contributed by atoms with Crippen LogP contribution < -0.4 is 11.2 Å². The molecule has 5 nitrogen and oxygen atoms in total. The zero-order chi connectivity index (χ0) is 13.7. The number of nitrogens with two attached hydrogens (primary N) is 1. The van der Waals surface area contributed by atoms with Crippen LogP contribution in [0, 0.1) is 5.41 Å². The summed E-state index contributed by atoms with van der Waals surface area (Å²) in [7, 11) is 0. The molecule has 17 heavy (non-hydrogen) atoms. The summed E-state index contributed by atoms with van der Waals surface area (Å²) in [5.74, 6) is 5.01. The lowest BCUT2D eigenvalue weighted by Crippen LogP contribution is -2.46. The second kappa shape index (κ2) is 6.21. The molecule has 0 fully saturated rings. The van der Waals surface area contributed by atoms with Gasteiger partial charge in [-0.05, 0) is 32.6 Å². The first-order valence-corrected chi connectivity index (χ1v) is 5.87. The standard InChI is InChI=1S/C12H26N2O3/c1-11(2,3)9(7-8-16-13)14-10(15)17-12(4,5)6/h9H,7-8,13H2,1-6H3,(H,14,15). The molecule has 0 saturated heterocycles. The van der Waals surface area contributed by atoms with Crippen molar-refractivity contribution in [1.82, 2.24) is 5.32 Å². The molecule has 1 amide bonds. The van der Waals surface area contributed by atoms with Gasteiger partial charge in [-0.25, -0.2) is 10.7 Å². The molecule has 0 aliphatic rings. The van der Waals surface area contributed by atoms with Crippen LogP contribution in [0.15, 0.2) is 0 Å². The highest BCUT2D eigenvalue weighted by atomic mass is 16.6. The molecule has 3 N–H and O–H groups in total. The number of amides is 1. The first-order chi connectivity index (χ1) is 7.56. The lowest BCUT2D eigenvalue weighted by molar-refractivity contribution is 0.0427. The van der Waals surface area contributed by atoms with Gasteiger partial charge in [0.15, 0.2) is 0 Å². The van der Waals surface area contributed by atoms with Gasteiger partial charge >= 0.3 is 6.09 Å². The van der Waals surface area contributed by atoms with Crippen molar-refractivity contribution in [3.8, 4) is 0 Å². The van der Waals surface area contributed by atoms with Crippen LogP contribution in [0.1, 0.15) is 48.0 Å². The Hall–Kier alpha value is -0.810. The van der Waals surface area contributed by atoms with E-state index < -0.39 is 11.7 Å². The van der Waals surface area contributed by atoms with E-state index in [1.807, 2.05) is 41.5 Å². The molecule has 102 valence electrons. The molecule has 0 aromatic rings. The van der Waals surface area contributed by atoms with E-state index in [0.717, 1.165) is 0 Å². The fourth-order valence-corrected chi connectivity index (χ4v) is 1.36. The number of alkyl carbamates (subject to hydrolysis) is 1. The lowest BCUT2D eigenvalue weighted by Gasteiger charge is -2.32. The largest absolute Gasteiger partial charge is 0.444 e. The molecule has 0 aliphatic heterocycles. The summed E-state index contributed by atoms with van der Waals surface area (Å²) in [5, 5.41) is 2.85. The van der Waals surface area contributed by atoms with Gasteiger partial charge in [0, 0.05) is 6.04 Å². The minimum Gasteiger partial charge on any atom is -0.444 e. The zero-order valence-corrected chi connectivity index (χ0v) is 11.8. The average Bonchev–Trinajstić information content (AvgIpc) is 2.07. The van der Waals surface area contributed by atoms with Crippen LogP contribution in [0.25, 0.3) is 0 Å². The Morgan fingerprint density at radius 2 is 1.76 bits per heavy atom. The molecule has 0 saturated carbocycles. The maximum absolute atomic E-state index is 11.7. The molecule has 5 heteroatoms. The Bertz CT molecular complexity index is 241. The van der Waals surface area contributed by atoms with Crippen molar-refractivity contribution < 1.29 is 14.4 Å². The van der Waals surface area contributed by atoms with Crippen molar-refractivity contribution in [3.63, 3.8) is 0 Å². The van der Waals surface area contributed by atoms with Gasteiger partial charge < -0.3 is 14.9 Å². The topological polar surface area (TPSA) is 73.6 Å². The van der Waals surface area contributed by atoms with Gasteiger partial charge in [0.25, 0.3) is 0 Å². The van der Waals surface area contributed by atoms with E-state index >= 15 is 0 Å². The molecule has 0 heterocycles. The highest BCUT2D eigenvalue weighted by Gasteiger charge is 2.27. The van der Waals surface area contributed by atoms with Gasteiger partial charge in [-0.3, -0.25) is 0 Å². The third-order valence-corrected chi connectivity index (χ3v) is 2.26. The minimum atomic E-state index is -0.489. The molecule has 0 aromatic heterocycles. The van der Waals surface area contributed by atoms with E-state index in [0.29, 0.717) is 13.0 Å². The summed E-state index contributed by atoms with van der Waals surface area (Å²) in [6.45, 7) is 12.0. The van der Waals surface area contributed by atoms with Crippen molar-refractivity contribution in [2.75, 3.05) is 6.61 Å². The molecule has 0 bridgehead atoms. The highest BCUT2D eigenvalue weighted by molar-refractivity contribution is 5.68. The minimum absolute atomic E-state index is 0.0408. The average molecular weight is 246 g/mol. The summed E-state index contributed by atoms with van der Waals surface area (Å²) in [5.41, 5.74) is -0.563. The normalized spacial score (nSPS) is 14.3. The molecule has 0 aliphatic carbocycles. The van der Waals surface area contributed by atoms with Crippen molar-refractivity contribution in [2.45, 2.75) is 59.6 Å². The Morgan fingerprint density at radius 3 is 2.12 bits per heavy atom. The van der Waals surface area contributed by atoms with E-state index in [9.17, 15) is 4.79 Å². The van der Waals surface area contributed by atoms with Gasteiger partial charge in [0.1, 0.15) is 5.60 Å². The molecule has 0 spiro atoms. The van der Waals surface area contributed by atoms with Crippen LogP contribution in [-0.4, -0.2) is 24.3 Å². The molecular formula is C12H26N2O3. The molecule has 0 rings (SSSR count). The fraction of sp³-hybridized carbons (Fsp3) is 0.917. The maximum atomic E-state index is 11.7. The number of hydrogen-bond donors (Lipinski definition) is 2. The number of rotatable bonds is 4. The second-order valence-corrected chi connectivity index (χ2v) is 6.22. The Kier molecular flexibility index (Phi) is 5.92. The second-order valence-electron chi connectivity index (χ2n) is 6.22. The molecule has 0 radical (unpaired) electrons. The number of nitrogens with one attached hydrogen (secondary N) is 1. The molecule has 1 atom stereocenters. The molecule has 0 aromatic carbocycles. The number of ether oxygens (including phenoxy) is 1. The van der Waals surface area contributed by atoms with Crippen molar-refractivity contribution >= 4 is 6.09 Å². The smallest absolute Gasteiger partial charge is 0.407 e. The number of hydrogen-bond acceptors (Lipinski definition) is 4. The summed E-state index contributed by atoms with van der Waals surface area (Å²) < 4.78 is 5.22. The summed E-state index contributed by atoms with van der Waals surface area (Å²) in [4.78, 5) is 16.2. The van der Waals surface area contributed by atoms with Crippen molar-refractivity contribution in [3.05, 3.63) is 0 Å². The summed E-state index contributed by atoms with van der Waals surface area (Å²) in [6.07, 6.45) is 0.244. The molecular weight excluding hydrogens is 220 g/mol. The van der Waals surface area contributed by atoms with E-state index in [-0.39, 0.29) is 11.5 Å². The summed E-state index contributed by atoms with van der Waals surface area (Å²) >= 11 is 0. The Labute approximate surface area is 104 Å². The van der Waals surface area contributed by atoms with E-state index in [1.165, 1.54) is 0 Å². The van der Waals surface area contributed by atoms with E-state index in [2.05, 4.69) is 10.2 Å². The first kappa shape index (κ1) is 16.2. The fourth-order valence-electron chi connectivity index (χ4n) is 1.36. The van der Waals surface area contributed by atoms with Gasteiger partial charge in [-0.2, -0.15) is 0 Å². The highest BCUT2D eigenvalue weighted by Crippen LogP contribution is 2.22. The summed E-state index contributed by atoms with van der Waals surface area (Å²) in [6, 6.07) is -0.0408. The quantitative estimate of drug-likeness (QED) is 0.746. The third kappa shape index (κ3) is 7.99. The lowest BCUT2D eigenvalue weighted by atomic mass is 9.85. The van der Waals surface area contributed by atoms with Crippen molar-refractivity contribution in [1.29, 1.82) is 0 Å². The van der Waals surface area contributed by atoms with E-state index in [1.54, 1.807) is 0 Å². The van der Waals surface area contributed by atoms with Crippen LogP contribution >= 0.6 is 0 Å². The van der Waals surface area contributed by atoms with E-state index in [4.69, 9.17) is 10.6 Å². The maximum Gasteiger partial charge on any atom is 0.407 e. The van der Waals surface area contributed by atoms with Crippen LogP contribution in [-0.2, 0) is 9.57 Å². The third-order valence-electron chi connectivity index (χ3n) is 2.26. The predicted octanol–water partition coefficient (Wildman–Crippen LogP) is 2.21. The number of carbonyl (C=O) groups excluding carboxylic acids is 1. The Morgan fingerprint density at radius 1 is 1.24 bits per heavy atom. The SMILES string of the molecule is CC(C)(C)OC(=O)NC(CCON)C(C)(C)C. The van der Waals surface area contributed by atoms with Gasteiger partial charge in [-0.15, -0.1) is 0 Å². The van der Waals surface area contributed by atoms with Crippen LogP contribution in [0.5, 0.6) is 0 Å². The van der Waals surface area contributed by atoms with Crippen LogP contribution in [0.3, 0.4) is 0 Å². The van der Waals surface area contributed by atoms with Crippen LogP contribution in [0.2, 0.25) is 0 Å². The molecule has 1 unspecified atom stereocenters. The van der Waals surface area contributed by atoms with Gasteiger partial charge in [-0.1, -0.05) is 20.8 Å². The number of carbonyl (C=O) groups is 1. The zero-order valence-electron chi connectivity index (χ0n) is 11.8. The Balaban J connectivity index is 4.39.